The van der Waals surface area contributed by atoms with Crippen LogP contribution in [0.3, 0.4) is 0 Å². The molecule has 34 heavy (non-hydrogen) atoms. The van der Waals surface area contributed by atoms with Crippen LogP contribution in [0.25, 0.3) is 0 Å². The number of rotatable bonds is 7. The van der Waals surface area contributed by atoms with E-state index >= 15 is 0 Å². The average Bonchev–Trinajstić information content (AvgIpc) is 3.05. The van der Waals surface area contributed by atoms with Gasteiger partial charge in [-0.25, -0.2) is 12.8 Å². The fourth-order valence-electron chi connectivity index (χ4n) is 4.49. The van der Waals surface area contributed by atoms with Crippen molar-refractivity contribution in [1.82, 2.24) is 4.90 Å². The topological polar surface area (TPSA) is 83.9 Å². The van der Waals surface area contributed by atoms with E-state index in [1.165, 1.54) is 24.3 Å². The molecule has 3 aromatic carbocycles. The zero-order valence-electron chi connectivity index (χ0n) is 18.9. The van der Waals surface area contributed by atoms with Crippen molar-refractivity contribution < 1.29 is 27.4 Å². The Morgan fingerprint density at radius 2 is 1.59 bits per heavy atom. The number of amides is 1. The summed E-state index contributed by atoms with van der Waals surface area (Å²) in [5.41, 5.74) is 0.748. The molecule has 1 aliphatic heterocycles. The summed E-state index contributed by atoms with van der Waals surface area (Å²) in [5.74, 6) is 0.0372. The van der Waals surface area contributed by atoms with Crippen molar-refractivity contribution in [2.75, 3.05) is 19.9 Å². The number of sulfone groups is 1. The molecule has 1 amide bonds. The number of ether oxygens (including phenoxy) is 1. The van der Waals surface area contributed by atoms with Gasteiger partial charge in [0.1, 0.15) is 17.0 Å². The molecule has 2 atom stereocenters. The lowest BCUT2D eigenvalue weighted by atomic mass is 9.72. The van der Waals surface area contributed by atoms with Crippen molar-refractivity contribution in [2.24, 2.45) is 0 Å². The van der Waals surface area contributed by atoms with Crippen LogP contribution in [0.5, 0.6) is 5.75 Å². The zero-order valence-corrected chi connectivity index (χ0v) is 19.8. The second kappa shape index (κ2) is 9.19. The SMILES string of the molecule is COc1ccc(CN2C[C@H](O)[C@@](Cc3ccc(F)cc3)(c3ccc(S(C)(=O)=O)cc3)C2=O)cc1. The number of hydrogen-bond acceptors (Lipinski definition) is 5. The predicted octanol–water partition coefficient (Wildman–Crippen LogP) is 3.12. The van der Waals surface area contributed by atoms with E-state index < -0.39 is 27.2 Å². The Morgan fingerprint density at radius 1 is 1.00 bits per heavy atom. The molecule has 1 saturated heterocycles. The van der Waals surface area contributed by atoms with Gasteiger partial charge in [-0.15, -0.1) is 0 Å². The first-order valence-corrected chi connectivity index (χ1v) is 12.7. The van der Waals surface area contributed by atoms with Crippen LogP contribution in [0.4, 0.5) is 4.39 Å². The average molecular weight is 484 g/mol. The van der Waals surface area contributed by atoms with E-state index in [1.807, 2.05) is 24.3 Å². The Bertz CT molecular complexity index is 1270. The molecule has 0 bridgehead atoms. The van der Waals surface area contributed by atoms with Crippen LogP contribution in [-0.2, 0) is 33.0 Å². The molecule has 1 fully saturated rings. The van der Waals surface area contributed by atoms with Crippen LogP contribution < -0.4 is 4.74 Å². The second-order valence-corrected chi connectivity index (χ2v) is 10.6. The predicted molar refractivity (Wildman–Crippen MR) is 126 cm³/mol. The van der Waals surface area contributed by atoms with Crippen LogP contribution in [0.15, 0.2) is 77.7 Å². The first kappa shape index (κ1) is 23.9. The summed E-state index contributed by atoms with van der Waals surface area (Å²) in [6, 6.07) is 19.2. The molecule has 8 heteroatoms. The number of nitrogens with zero attached hydrogens (tertiary/aromatic N) is 1. The van der Waals surface area contributed by atoms with Crippen molar-refractivity contribution in [3.63, 3.8) is 0 Å². The molecule has 3 aromatic rings. The smallest absolute Gasteiger partial charge is 0.236 e. The second-order valence-electron chi connectivity index (χ2n) is 8.62. The molecule has 0 aliphatic carbocycles. The summed E-state index contributed by atoms with van der Waals surface area (Å²) in [4.78, 5) is 15.6. The highest BCUT2D eigenvalue weighted by atomic mass is 32.2. The van der Waals surface area contributed by atoms with Crippen LogP contribution in [0.1, 0.15) is 16.7 Å². The molecule has 0 aromatic heterocycles. The van der Waals surface area contributed by atoms with Gasteiger partial charge in [0.15, 0.2) is 9.84 Å². The Balaban J connectivity index is 1.73. The molecule has 0 spiro atoms. The first-order valence-electron chi connectivity index (χ1n) is 10.8. The fourth-order valence-corrected chi connectivity index (χ4v) is 5.13. The van der Waals surface area contributed by atoms with Crippen molar-refractivity contribution in [3.05, 3.63) is 95.3 Å². The number of methoxy groups -OCH3 is 1. The highest BCUT2D eigenvalue weighted by molar-refractivity contribution is 7.90. The van der Waals surface area contributed by atoms with Gasteiger partial charge in [-0.05, 0) is 59.5 Å². The van der Waals surface area contributed by atoms with Gasteiger partial charge in [0.25, 0.3) is 0 Å². The molecule has 6 nitrogen and oxygen atoms in total. The Labute approximate surface area is 198 Å². The van der Waals surface area contributed by atoms with Crippen molar-refractivity contribution in [1.29, 1.82) is 0 Å². The Morgan fingerprint density at radius 3 is 2.15 bits per heavy atom. The number of carbonyl (C=O) groups excluding carboxylic acids is 1. The quantitative estimate of drug-likeness (QED) is 0.558. The summed E-state index contributed by atoms with van der Waals surface area (Å²) in [5, 5.41) is 11.3. The number of likely N-dealkylation sites (tertiary alicyclic amines) is 1. The molecule has 1 heterocycles. The monoisotopic (exact) mass is 483 g/mol. The summed E-state index contributed by atoms with van der Waals surface area (Å²) in [6.07, 6.45) is 0.208. The van der Waals surface area contributed by atoms with E-state index in [0.717, 1.165) is 11.8 Å². The number of halogens is 1. The molecule has 0 radical (unpaired) electrons. The third-order valence-electron chi connectivity index (χ3n) is 6.36. The minimum absolute atomic E-state index is 0.111. The number of aliphatic hydroxyl groups is 1. The molecule has 178 valence electrons. The molecule has 1 N–H and O–H groups in total. The Kier molecular flexibility index (Phi) is 6.47. The first-order chi connectivity index (χ1) is 16.1. The highest BCUT2D eigenvalue weighted by Gasteiger charge is 2.54. The van der Waals surface area contributed by atoms with Crippen molar-refractivity contribution >= 4 is 15.7 Å². The van der Waals surface area contributed by atoms with Crippen LogP contribution in [0, 0.1) is 5.82 Å². The standard InChI is InChI=1S/C26H26FNO5S/c1-33-22-11-5-19(6-12-22)16-28-17-24(29)26(25(28)30,15-18-3-9-21(27)10-4-18)20-7-13-23(14-8-20)34(2,31)32/h3-14,24,29H,15-17H2,1-2H3/t24-,26+/m0/s1. The number of carbonyl (C=O) groups is 1. The maximum atomic E-state index is 13.9. The molecule has 4 rings (SSSR count). The van der Waals surface area contributed by atoms with Crippen LogP contribution >= 0.6 is 0 Å². The molecular weight excluding hydrogens is 457 g/mol. The molecule has 1 aliphatic rings. The minimum atomic E-state index is -3.42. The van der Waals surface area contributed by atoms with E-state index in [9.17, 15) is 22.7 Å². The maximum absolute atomic E-state index is 13.9. The van der Waals surface area contributed by atoms with Crippen LogP contribution in [-0.4, -0.2) is 50.3 Å². The van der Waals surface area contributed by atoms with Gasteiger partial charge in [0.2, 0.25) is 5.91 Å². The van der Waals surface area contributed by atoms with Gasteiger partial charge in [-0.1, -0.05) is 36.4 Å². The van der Waals surface area contributed by atoms with E-state index in [1.54, 1.807) is 36.3 Å². The fraction of sp³-hybridized carbons (Fsp3) is 0.269. The van der Waals surface area contributed by atoms with Gasteiger partial charge < -0.3 is 14.7 Å². The number of benzene rings is 3. The highest BCUT2D eigenvalue weighted by Crippen LogP contribution is 2.40. The maximum Gasteiger partial charge on any atom is 0.236 e. The van der Waals surface area contributed by atoms with E-state index in [2.05, 4.69) is 0 Å². The number of hydrogen-bond donors (Lipinski definition) is 1. The van der Waals surface area contributed by atoms with E-state index in [4.69, 9.17) is 4.74 Å². The molecular formula is C26H26FNO5S. The third-order valence-corrected chi connectivity index (χ3v) is 7.49. The van der Waals surface area contributed by atoms with E-state index in [-0.39, 0.29) is 23.8 Å². The van der Waals surface area contributed by atoms with Crippen LogP contribution in [0.2, 0.25) is 0 Å². The van der Waals surface area contributed by atoms with Gasteiger partial charge in [0.05, 0.1) is 18.1 Å². The molecule has 0 saturated carbocycles. The number of β-amino-alcohol motifs (C(OH)–C–C–N with tert-alkyl or cyclic N) is 1. The zero-order chi connectivity index (χ0) is 24.5. The largest absolute Gasteiger partial charge is 0.497 e. The summed E-state index contributed by atoms with van der Waals surface area (Å²) < 4.78 is 42.5. The van der Waals surface area contributed by atoms with Gasteiger partial charge in [-0.3, -0.25) is 4.79 Å². The normalized spacial score (nSPS) is 20.5. The van der Waals surface area contributed by atoms with Crippen molar-refractivity contribution in [3.8, 4) is 5.75 Å². The lowest BCUT2D eigenvalue weighted by Gasteiger charge is -2.31. The molecule has 0 unspecified atom stereocenters. The van der Waals surface area contributed by atoms with Gasteiger partial charge in [-0.2, -0.15) is 0 Å². The Hall–Kier alpha value is -3.23. The summed E-state index contributed by atoms with van der Waals surface area (Å²) in [6.45, 7) is 0.409. The van der Waals surface area contributed by atoms with Crippen molar-refractivity contribution in [2.45, 2.75) is 29.4 Å². The van der Waals surface area contributed by atoms with Gasteiger partial charge >= 0.3 is 0 Å². The number of aliphatic hydroxyl groups excluding tert-OH is 1. The van der Waals surface area contributed by atoms with Gasteiger partial charge in [0, 0.05) is 19.3 Å². The third kappa shape index (κ3) is 4.56. The van der Waals surface area contributed by atoms with E-state index in [0.29, 0.717) is 23.4 Å². The summed E-state index contributed by atoms with van der Waals surface area (Å²) >= 11 is 0. The summed E-state index contributed by atoms with van der Waals surface area (Å²) in [7, 11) is -1.84. The lowest BCUT2D eigenvalue weighted by Crippen LogP contribution is -2.45. The minimum Gasteiger partial charge on any atom is -0.497 e. The lowest BCUT2D eigenvalue weighted by molar-refractivity contribution is -0.133.